The van der Waals surface area contributed by atoms with Gasteiger partial charge in [0.05, 0.1) is 0 Å². The molecule has 0 bridgehead atoms. The van der Waals surface area contributed by atoms with Crippen molar-refractivity contribution in [1.29, 1.82) is 0 Å². The predicted molar refractivity (Wildman–Crippen MR) is 23.9 cm³/mol. The van der Waals surface area contributed by atoms with E-state index in [1.807, 2.05) is 5.32 Å². The van der Waals surface area contributed by atoms with Crippen LogP contribution in [0.1, 0.15) is 0 Å². The van der Waals surface area contributed by atoms with E-state index in [0.717, 1.165) is 6.08 Å². The molecule has 0 saturated carbocycles. The Kier molecular flexibility index (Phi) is 2.96. The summed E-state index contributed by atoms with van der Waals surface area (Å²) in [5.41, 5.74) is 0. The van der Waals surface area contributed by atoms with E-state index in [-0.39, 0.29) is 0 Å². The highest BCUT2D eigenvalue weighted by Crippen LogP contribution is 1.60. The minimum Gasteiger partial charge on any atom is -0.327 e. The van der Waals surface area contributed by atoms with Gasteiger partial charge in [-0.2, -0.15) is 0 Å². The molecule has 0 aliphatic carbocycles. The molecule has 0 spiro atoms. The fourth-order valence-corrected chi connectivity index (χ4v) is 0.143. The summed E-state index contributed by atoms with van der Waals surface area (Å²) in [5.74, 6) is -0.421. The second kappa shape index (κ2) is 3.36. The first kappa shape index (κ1) is 6.17. The number of hydrogen-bond acceptors (Lipinski definition) is 1. The summed E-state index contributed by atoms with van der Waals surface area (Å²) in [6.07, 6.45) is 1.05. The Hall–Kier alpha value is -0.830. The van der Waals surface area contributed by atoms with E-state index in [4.69, 9.17) is 0 Å². The van der Waals surface area contributed by atoms with Gasteiger partial charge >= 0.3 is 0 Å². The molecule has 0 saturated heterocycles. The highest BCUT2D eigenvalue weighted by molar-refractivity contribution is 5.86. The molecule has 0 aromatic heterocycles. The monoisotopic (exact) mass is 100 g/mol. The summed E-state index contributed by atoms with van der Waals surface area (Å²) < 4.78 is 0. The van der Waals surface area contributed by atoms with Gasteiger partial charge in [0.1, 0.15) is 0 Å². The predicted octanol–water partition coefficient (Wildman–Crippen LogP) is -0.323. The smallest absolute Gasteiger partial charge is 0.245 e. The van der Waals surface area contributed by atoms with E-state index in [1.165, 1.54) is 0 Å². The van der Waals surface area contributed by atoms with Gasteiger partial charge in [0, 0.05) is 0 Å². The first-order valence-corrected chi connectivity index (χ1v) is 1.79. The van der Waals surface area contributed by atoms with Crippen LogP contribution in [0.25, 0.3) is 0 Å². The van der Waals surface area contributed by atoms with Gasteiger partial charge in [0.15, 0.2) is 6.73 Å². The van der Waals surface area contributed by atoms with Crippen LogP contribution in [0.15, 0.2) is 12.7 Å². The Bertz CT molecular complexity index is 79.8. The molecule has 1 N–H and O–H groups in total. The zero-order valence-corrected chi connectivity index (χ0v) is 3.81. The van der Waals surface area contributed by atoms with Crippen molar-refractivity contribution in [2.24, 2.45) is 0 Å². The quantitative estimate of drug-likeness (QED) is 0.375. The number of amides is 1. The molecule has 0 aliphatic rings. The van der Waals surface area contributed by atoms with Crippen LogP contribution in [0.5, 0.6) is 0 Å². The molecular formula is C4H6NO2. The van der Waals surface area contributed by atoms with Crippen molar-refractivity contribution >= 4 is 5.91 Å². The fourth-order valence-electron chi connectivity index (χ4n) is 0.143. The third kappa shape index (κ3) is 2.99. The van der Waals surface area contributed by atoms with Gasteiger partial charge in [-0.05, 0) is 6.08 Å². The minimum absolute atomic E-state index is 0.421. The summed E-state index contributed by atoms with van der Waals surface area (Å²) in [6, 6.07) is 0. The molecule has 39 valence electrons. The number of carbonyl (C=O) groups excluding carboxylic acids is 1. The number of carbonyl (C=O) groups is 1. The molecule has 0 fully saturated rings. The molecule has 3 nitrogen and oxygen atoms in total. The normalized spacial score (nSPS) is 7.57. The number of rotatable bonds is 2. The molecular weight excluding hydrogens is 94.0 g/mol. The number of nitrogens with one attached hydrogen (secondary N) is 1. The van der Waals surface area contributed by atoms with E-state index in [2.05, 4.69) is 6.58 Å². The van der Waals surface area contributed by atoms with Crippen LogP contribution in [0, 0.1) is 0 Å². The Balaban J connectivity index is 3.17. The molecule has 0 atom stereocenters. The van der Waals surface area contributed by atoms with Crippen LogP contribution >= 0.6 is 0 Å². The average Bonchev–Trinajstić information content (AvgIpc) is 1.68. The van der Waals surface area contributed by atoms with E-state index in [1.54, 1.807) is 0 Å². The lowest BCUT2D eigenvalue weighted by Crippen LogP contribution is -2.20. The van der Waals surface area contributed by atoms with Gasteiger partial charge in [-0.25, -0.2) is 5.11 Å². The van der Waals surface area contributed by atoms with Crippen molar-refractivity contribution in [3.05, 3.63) is 12.7 Å². The summed E-state index contributed by atoms with van der Waals surface area (Å²) in [6.45, 7) is 2.55. The zero-order chi connectivity index (χ0) is 5.70. The van der Waals surface area contributed by atoms with Crippen molar-refractivity contribution in [1.82, 2.24) is 5.32 Å². The second-order valence-electron chi connectivity index (χ2n) is 0.889. The highest BCUT2D eigenvalue weighted by Gasteiger charge is 1.85. The van der Waals surface area contributed by atoms with Crippen LogP contribution in [0.2, 0.25) is 0 Å². The Morgan fingerprint density at radius 3 is 2.57 bits per heavy atom. The molecule has 0 heterocycles. The lowest BCUT2D eigenvalue weighted by molar-refractivity contribution is -0.118. The van der Waals surface area contributed by atoms with Crippen molar-refractivity contribution in [2.75, 3.05) is 6.73 Å². The Morgan fingerprint density at radius 2 is 2.43 bits per heavy atom. The largest absolute Gasteiger partial charge is 0.327 e. The molecule has 0 rings (SSSR count). The van der Waals surface area contributed by atoms with Crippen LogP contribution in [0.3, 0.4) is 0 Å². The highest BCUT2D eigenvalue weighted by atomic mass is 16.3. The summed E-state index contributed by atoms with van der Waals surface area (Å²) in [5, 5.41) is 11.5. The lowest BCUT2D eigenvalue weighted by Gasteiger charge is -1.87. The maximum absolute atomic E-state index is 9.98. The Morgan fingerprint density at radius 1 is 1.86 bits per heavy atom. The van der Waals surface area contributed by atoms with Gasteiger partial charge in [0.25, 0.3) is 0 Å². The van der Waals surface area contributed by atoms with Crippen molar-refractivity contribution < 1.29 is 9.90 Å². The maximum atomic E-state index is 9.98. The minimum atomic E-state index is -0.579. The van der Waals surface area contributed by atoms with E-state index < -0.39 is 12.6 Å². The summed E-state index contributed by atoms with van der Waals surface area (Å²) in [7, 11) is 0. The summed E-state index contributed by atoms with van der Waals surface area (Å²) >= 11 is 0. The fraction of sp³-hybridized carbons (Fsp3) is 0.250. The first-order valence-electron chi connectivity index (χ1n) is 1.79. The topological polar surface area (TPSA) is 49.0 Å². The molecule has 1 amide bonds. The molecule has 0 unspecified atom stereocenters. The number of hydrogen-bond donors (Lipinski definition) is 1. The Labute approximate surface area is 41.7 Å². The van der Waals surface area contributed by atoms with Crippen molar-refractivity contribution in [2.45, 2.75) is 0 Å². The molecule has 3 heteroatoms. The van der Waals surface area contributed by atoms with Crippen LogP contribution in [-0.2, 0) is 9.90 Å². The third-order valence-corrected chi connectivity index (χ3v) is 0.432. The van der Waals surface area contributed by atoms with Crippen molar-refractivity contribution in [3.63, 3.8) is 0 Å². The van der Waals surface area contributed by atoms with E-state index in [0.29, 0.717) is 0 Å². The SMILES string of the molecule is C=CC(=O)NC[O]. The lowest BCUT2D eigenvalue weighted by atomic mass is 10.6. The zero-order valence-electron chi connectivity index (χ0n) is 3.81. The van der Waals surface area contributed by atoms with Gasteiger partial charge in [0.2, 0.25) is 5.91 Å². The molecule has 0 aliphatic heterocycles. The molecule has 1 radical (unpaired) electrons. The van der Waals surface area contributed by atoms with Crippen LogP contribution in [0.4, 0.5) is 0 Å². The first-order chi connectivity index (χ1) is 3.31. The van der Waals surface area contributed by atoms with Crippen LogP contribution < -0.4 is 5.32 Å². The van der Waals surface area contributed by atoms with Gasteiger partial charge < -0.3 is 5.32 Å². The molecule has 0 aromatic rings. The van der Waals surface area contributed by atoms with Gasteiger partial charge in [-0.15, -0.1) is 0 Å². The maximum Gasteiger partial charge on any atom is 0.245 e. The van der Waals surface area contributed by atoms with Gasteiger partial charge in [-0.3, -0.25) is 4.79 Å². The van der Waals surface area contributed by atoms with Gasteiger partial charge in [-0.1, -0.05) is 6.58 Å². The van der Waals surface area contributed by atoms with Crippen LogP contribution in [-0.4, -0.2) is 12.6 Å². The molecule has 7 heavy (non-hydrogen) atoms. The molecule has 0 aromatic carbocycles. The van der Waals surface area contributed by atoms with E-state index >= 15 is 0 Å². The average molecular weight is 100 g/mol. The summed E-state index contributed by atoms with van der Waals surface area (Å²) in [4.78, 5) is 9.98. The standard InChI is InChI=1S/C4H6NO2/c1-2-4(7)5-3-6/h2H,1,3H2,(H,5,7). The second-order valence-corrected chi connectivity index (χ2v) is 0.889. The van der Waals surface area contributed by atoms with Crippen molar-refractivity contribution in [3.8, 4) is 0 Å². The third-order valence-electron chi connectivity index (χ3n) is 0.432. The van der Waals surface area contributed by atoms with E-state index in [9.17, 15) is 9.90 Å².